The quantitative estimate of drug-likeness (QED) is 0.398. The third kappa shape index (κ3) is 5.41. The Hall–Kier alpha value is -3.31. The van der Waals surface area contributed by atoms with Gasteiger partial charge in [0.2, 0.25) is 0 Å². The van der Waals surface area contributed by atoms with Crippen molar-refractivity contribution in [1.82, 2.24) is 15.5 Å². The number of aromatic hydroxyl groups is 1. The van der Waals surface area contributed by atoms with Crippen LogP contribution in [-0.4, -0.2) is 42.2 Å². The maximum atomic E-state index is 13.1. The van der Waals surface area contributed by atoms with Gasteiger partial charge in [-0.3, -0.25) is 0 Å². The Balaban J connectivity index is 1.51. The van der Waals surface area contributed by atoms with Crippen LogP contribution in [-0.2, 0) is 5.41 Å². The van der Waals surface area contributed by atoms with Gasteiger partial charge in [-0.05, 0) is 80.6 Å². The van der Waals surface area contributed by atoms with Gasteiger partial charge in [0.15, 0.2) is 0 Å². The highest BCUT2D eigenvalue weighted by Gasteiger charge is 2.45. The zero-order chi connectivity index (χ0) is 25.7. The summed E-state index contributed by atoms with van der Waals surface area (Å²) in [7, 11) is 2.18. The Morgan fingerprint density at radius 2 is 1.64 bits per heavy atom. The maximum absolute atomic E-state index is 13.1. The number of benzene rings is 3. The molecule has 3 N–H and O–H groups in total. The van der Waals surface area contributed by atoms with Crippen molar-refractivity contribution in [2.75, 3.05) is 20.1 Å². The Bertz CT molecular complexity index is 1110. The number of urea groups is 1. The third-order valence-corrected chi connectivity index (χ3v) is 8.36. The number of nitrogens with one attached hydrogen (secondary N) is 2. The number of nitrogens with zero attached hydrogens (tertiary/aromatic N) is 1. The van der Waals surface area contributed by atoms with E-state index in [-0.39, 0.29) is 17.5 Å². The van der Waals surface area contributed by atoms with E-state index in [9.17, 15) is 9.90 Å². The highest BCUT2D eigenvalue weighted by molar-refractivity contribution is 5.75. The summed E-state index contributed by atoms with van der Waals surface area (Å²) in [4.78, 5) is 15.5. The maximum Gasteiger partial charge on any atom is 0.315 e. The standard InChI is InChI=1S/C31H39N3O2/c1-22-15-16-27(35)21-28(22)31(18-20-34(4)24(3)23(31)2)17-19-32-30(36)33-29(25-11-7-5-8-12-25)26-13-9-6-10-14-26/h5-16,21,23-24,29,35H,17-20H2,1-4H3,(H2,32,33,36)/t23-,24?,31?/m0/s1. The molecule has 2 unspecified atom stereocenters. The minimum absolute atomic E-state index is 0.125. The molecule has 1 aliphatic rings. The second kappa shape index (κ2) is 11.2. The van der Waals surface area contributed by atoms with E-state index >= 15 is 0 Å². The van der Waals surface area contributed by atoms with E-state index in [1.54, 1.807) is 6.07 Å². The number of carbonyl (C=O) groups is 1. The summed E-state index contributed by atoms with van der Waals surface area (Å²) in [5.74, 6) is 0.663. The first kappa shape index (κ1) is 25.8. The van der Waals surface area contributed by atoms with Crippen molar-refractivity contribution in [3.8, 4) is 5.75 Å². The Morgan fingerprint density at radius 1 is 1.03 bits per heavy atom. The van der Waals surface area contributed by atoms with Crippen LogP contribution in [0.2, 0.25) is 0 Å². The first-order valence-electron chi connectivity index (χ1n) is 13.0. The molecule has 1 aliphatic heterocycles. The van der Waals surface area contributed by atoms with Crippen LogP contribution in [0.1, 0.15) is 55.0 Å². The van der Waals surface area contributed by atoms with Gasteiger partial charge in [0, 0.05) is 18.0 Å². The molecule has 0 aliphatic carbocycles. The minimum atomic E-state index is -0.225. The van der Waals surface area contributed by atoms with Crippen molar-refractivity contribution >= 4 is 6.03 Å². The molecular weight excluding hydrogens is 446 g/mol. The molecule has 0 bridgehead atoms. The van der Waals surface area contributed by atoms with E-state index in [1.807, 2.05) is 72.8 Å². The van der Waals surface area contributed by atoms with E-state index in [1.165, 1.54) is 11.1 Å². The molecule has 3 aromatic rings. The molecule has 1 saturated heterocycles. The van der Waals surface area contributed by atoms with Crippen LogP contribution in [0.15, 0.2) is 78.9 Å². The topological polar surface area (TPSA) is 64.6 Å². The van der Waals surface area contributed by atoms with E-state index in [0.29, 0.717) is 24.3 Å². The predicted octanol–water partition coefficient (Wildman–Crippen LogP) is 5.78. The smallest absolute Gasteiger partial charge is 0.315 e. The Morgan fingerprint density at radius 3 is 2.25 bits per heavy atom. The SMILES string of the molecule is Cc1ccc(O)cc1C1(CCNC(=O)NC(c2ccccc2)c2ccccc2)CCN(C)C(C)[C@@H]1C. The van der Waals surface area contributed by atoms with Gasteiger partial charge in [-0.25, -0.2) is 4.79 Å². The van der Waals surface area contributed by atoms with E-state index in [0.717, 1.165) is 30.5 Å². The molecule has 4 rings (SSSR count). The van der Waals surface area contributed by atoms with Gasteiger partial charge in [0.25, 0.3) is 0 Å². The molecule has 1 heterocycles. The number of aryl methyl sites for hydroxylation is 1. The number of rotatable bonds is 7. The summed E-state index contributed by atoms with van der Waals surface area (Å²) in [5, 5.41) is 16.7. The largest absolute Gasteiger partial charge is 0.508 e. The van der Waals surface area contributed by atoms with Crippen molar-refractivity contribution in [2.24, 2.45) is 5.92 Å². The second-order valence-electron chi connectivity index (χ2n) is 10.3. The lowest BCUT2D eigenvalue weighted by Crippen LogP contribution is -2.54. The summed E-state index contributed by atoms with van der Waals surface area (Å²) in [6.45, 7) is 8.25. The Kier molecular flexibility index (Phi) is 8.00. The van der Waals surface area contributed by atoms with Gasteiger partial charge in [-0.15, -0.1) is 0 Å². The number of carbonyl (C=O) groups excluding carboxylic acids is 1. The molecule has 5 nitrogen and oxygen atoms in total. The van der Waals surface area contributed by atoms with Crippen molar-refractivity contribution in [3.05, 3.63) is 101 Å². The van der Waals surface area contributed by atoms with E-state index in [4.69, 9.17) is 0 Å². The Labute approximate surface area is 215 Å². The zero-order valence-corrected chi connectivity index (χ0v) is 21.9. The van der Waals surface area contributed by atoms with E-state index < -0.39 is 0 Å². The zero-order valence-electron chi connectivity index (χ0n) is 21.9. The molecular formula is C31H39N3O2. The molecule has 3 aromatic carbocycles. The van der Waals surface area contributed by atoms with Gasteiger partial charge in [-0.1, -0.05) is 73.7 Å². The van der Waals surface area contributed by atoms with Crippen LogP contribution in [0.25, 0.3) is 0 Å². The average Bonchev–Trinajstić information content (AvgIpc) is 2.90. The summed E-state index contributed by atoms with van der Waals surface area (Å²) < 4.78 is 0. The minimum Gasteiger partial charge on any atom is -0.508 e. The summed E-state index contributed by atoms with van der Waals surface area (Å²) >= 11 is 0. The predicted molar refractivity (Wildman–Crippen MR) is 146 cm³/mol. The molecule has 190 valence electrons. The van der Waals surface area contributed by atoms with Crippen molar-refractivity contribution < 1.29 is 9.90 Å². The van der Waals surface area contributed by atoms with Crippen LogP contribution in [0.4, 0.5) is 4.79 Å². The number of likely N-dealkylation sites (tertiary alicyclic amines) is 1. The number of phenols is 1. The number of amides is 2. The molecule has 5 heteroatoms. The second-order valence-corrected chi connectivity index (χ2v) is 10.3. The molecule has 1 fully saturated rings. The fraction of sp³-hybridized carbons (Fsp3) is 0.387. The normalized spacial score (nSPS) is 22.4. The lowest BCUT2D eigenvalue weighted by molar-refractivity contribution is 0.0584. The van der Waals surface area contributed by atoms with Crippen LogP contribution >= 0.6 is 0 Å². The summed E-state index contributed by atoms with van der Waals surface area (Å²) in [5.41, 5.74) is 4.35. The van der Waals surface area contributed by atoms with Crippen LogP contribution in [0.5, 0.6) is 5.75 Å². The highest BCUT2D eigenvalue weighted by atomic mass is 16.3. The van der Waals surface area contributed by atoms with Gasteiger partial charge >= 0.3 is 6.03 Å². The summed E-state index contributed by atoms with van der Waals surface area (Å²) in [6.07, 6.45) is 1.80. The first-order valence-corrected chi connectivity index (χ1v) is 13.0. The monoisotopic (exact) mass is 485 g/mol. The lowest BCUT2D eigenvalue weighted by Gasteiger charge is -2.51. The average molecular weight is 486 g/mol. The van der Waals surface area contributed by atoms with Gasteiger partial charge in [-0.2, -0.15) is 0 Å². The van der Waals surface area contributed by atoms with E-state index in [2.05, 4.69) is 43.4 Å². The van der Waals surface area contributed by atoms with Gasteiger partial charge < -0.3 is 20.6 Å². The van der Waals surface area contributed by atoms with Gasteiger partial charge in [0.1, 0.15) is 5.75 Å². The number of hydrogen-bond donors (Lipinski definition) is 3. The molecule has 0 saturated carbocycles. The lowest BCUT2D eigenvalue weighted by atomic mass is 9.61. The number of phenolic OH excluding ortho intramolecular Hbond substituents is 1. The van der Waals surface area contributed by atoms with Crippen LogP contribution in [0.3, 0.4) is 0 Å². The first-order chi connectivity index (χ1) is 17.3. The molecule has 3 atom stereocenters. The van der Waals surface area contributed by atoms with Gasteiger partial charge in [0.05, 0.1) is 6.04 Å². The fourth-order valence-corrected chi connectivity index (χ4v) is 5.90. The van der Waals surface area contributed by atoms with Crippen molar-refractivity contribution in [2.45, 2.75) is 51.1 Å². The summed E-state index contributed by atoms with van der Waals surface area (Å²) in [6, 6.07) is 25.8. The molecule has 36 heavy (non-hydrogen) atoms. The number of piperidine rings is 1. The third-order valence-electron chi connectivity index (χ3n) is 8.36. The van der Waals surface area contributed by atoms with Crippen LogP contribution in [0, 0.1) is 12.8 Å². The molecule has 0 radical (unpaired) electrons. The van der Waals surface area contributed by atoms with Crippen molar-refractivity contribution in [3.63, 3.8) is 0 Å². The highest BCUT2D eigenvalue weighted by Crippen LogP contribution is 2.46. The fourth-order valence-electron chi connectivity index (χ4n) is 5.90. The number of hydrogen-bond acceptors (Lipinski definition) is 3. The molecule has 0 spiro atoms. The van der Waals surface area contributed by atoms with Crippen molar-refractivity contribution in [1.29, 1.82) is 0 Å². The molecule has 0 aromatic heterocycles. The van der Waals surface area contributed by atoms with Crippen LogP contribution < -0.4 is 10.6 Å². The molecule has 2 amide bonds.